The lowest BCUT2D eigenvalue weighted by molar-refractivity contribution is 0.476. The van der Waals surface area contributed by atoms with Crippen LogP contribution in [-0.4, -0.2) is 10.1 Å². The van der Waals surface area contributed by atoms with Crippen LogP contribution in [0.1, 0.15) is 22.3 Å². The molecule has 0 bridgehead atoms. The average molecular weight is 304 g/mol. The quantitative estimate of drug-likeness (QED) is 0.579. The van der Waals surface area contributed by atoms with Crippen LogP contribution in [0.4, 0.5) is 11.5 Å². The van der Waals surface area contributed by atoms with Gasteiger partial charge in [0.2, 0.25) is 0 Å². The number of aromatic hydroxyl groups is 1. The highest BCUT2D eigenvalue weighted by atomic mass is 16.3. The molecule has 0 unspecified atom stereocenters. The second-order valence-electron chi connectivity index (χ2n) is 4.75. The molecule has 2 rings (SSSR count). The van der Waals surface area contributed by atoms with Crippen LogP contribution in [0, 0.1) is 11.3 Å². The van der Waals surface area contributed by atoms with Crippen molar-refractivity contribution in [2.45, 2.75) is 0 Å². The minimum Gasteiger partial charge on any atom is -0.505 e. The van der Waals surface area contributed by atoms with Crippen molar-refractivity contribution >= 4 is 29.4 Å². The maximum Gasteiger partial charge on any atom is 0.148 e. The first kappa shape index (κ1) is 15.9. The predicted octanol–water partition coefficient (Wildman–Crippen LogP) is 3.61. The van der Waals surface area contributed by atoms with Gasteiger partial charge in [0.25, 0.3) is 0 Å². The van der Waals surface area contributed by atoms with E-state index < -0.39 is 0 Å². The summed E-state index contributed by atoms with van der Waals surface area (Å²) >= 11 is 0. The molecular formula is C18H16N4O. The molecule has 1 aromatic carbocycles. The molecule has 4 N–H and O–H groups in total. The van der Waals surface area contributed by atoms with Crippen molar-refractivity contribution in [2.75, 3.05) is 11.1 Å². The third-order valence-corrected chi connectivity index (χ3v) is 3.33. The Morgan fingerprint density at radius 3 is 2.61 bits per heavy atom. The zero-order valence-corrected chi connectivity index (χ0v) is 12.5. The van der Waals surface area contributed by atoms with Crippen molar-refractivity contribution in [3.63, 3.8) is 0 Å². The fraction of sp³-hybridized carbons (Fsp3) is 0. The zero-order chi connectivity index (χ0) is 17.0. The lowest BCUT2D eigenvalue weighted by Crippen LogP contribution is -2.03. The molecule has 0 saturated carbocycles. The van der Waals surface area contributed by atoms with Crippen LogP contribution in [0.15, 0.2) is 44.1 Å². The summed E-state index contributed by atoms with van der Waals surface area (Å²) in [6.07, 6.45) is 4.64. The normalized spacial score (nSPS) is 9.70. The number of nitrogens with one attached hydrogen (secondary N) is 1. The van der Waals surface area contributed by atoms with E-state index in [0.29, 0.717) is 28.2 Å². The van der Waals surface area contributed by atoms with Crippen molar-refractivity contribution in [2.24, 2.45) is 0 Å². The molecule has 0 radical (unpaired) electrons. The first-order chi connectivity index (χ1) is 11.0. The van der Waals surface area contributed by atoms with Crippen LogP contribution in [0.3, 0.4) is 0 Å². The van der Waals surface area contributed by atoms with Gasteiger partial charge in [-0.05, 0) is 23.8 Å². The largest absolute Gasteiger partial charge is 0.505 e. The van der Waals surface area contributed by atoms with E-state index >= 15 is 0 Å². The Balaban J connectivity index is 2.39. The first-order valence-electron chi connectivity index (χ1n) is 6.74. The van der Waals surface area contributed by atoms with Crippen LogP contribution >= 0.6 is 0 Å². The fourth-order valence-electron chi connectivity index (χ4n) is 2.11. The molecule has 0 saturated heterocycles. The highest BCUT2D eigenvalue weighted by Crippen LogP contribution is 2.36. The van der Waals surface area contributed by atoms with Crippen molar-refractivity contribution in [3.8, 4) is 11.8 Å². The van der Waals surface area contributed by atoms with Gasteiger partial charge in [-0.2, -0.15) is 5.26 Å². The molecule has 0 aliphatic heterocycles. The minimum absolute atomic E-state index is 0.0864. The van der Waals surface area contributed by atoms with E-state index in [1.165, 1.54) is 6.20 Å². The number of phenols is 1. The minimum atomic E-state index is -0.0864. The molecule has 0 aliphatic carbocycles. The van der Waals surface area contributed by atoms with E-state index in [1.807, 2.05) is 6.07 Å². The monoisotopic (exact) mass is 304 g/mol. The van der Waals surface area contributed by atoms with Gasteiger partial charge in [-0.1, -0.05) is 31.9 Å². The Kier molecular flexibility index (Phi) is 4.48. The van der Waals surface area contributed by atoms with E-state index in [4.69, 9.17) is 11.0 Å². The van der Waals surface area contributed by atoms with Crippen LogP contribution < -0.4 is 11.1 Å². The molecule has 114 valence electrons. The summed E-state index contributed by atoms with van der Waals surface area (Å²) in [6, 6.07) is 6.99. The number of nitrogens with zero attached hydrogens (tertiary/aromatic N) is 2. The molecule has 1 aromatic heterocycles. The molecule has 5 nitrogen and oxygen atoms in total. The Labute approximate surface area is 134 Å². The van der Waals surface area contributed by atoms with Gasteiger partial charge in [0.05, 0.1) is 11.3 Å². The van der Waals surface area contributed by atoms with Gasteiger partial charge in [0, 0.05) is 23.0 Å². The number of nitrogen functional groups attached to an aromatic ring is 1. The van der Waals surface area contributed by atoms with Crippen LogP contribution in [0.25, 0.3) is 17.8 Å². The number of hydrogen-bond donors (Lipinski definition) is 3. The smallest absolute Gasteiger partial charge is 0.148 e. The van der Waals surface area contributed by atoms with Gasteiger partial charge in [0.15, 0.2) is 0 Å². The summed E-state index contributed by atoms with van der Waals surface area (Å²) in [5.41, 5.74) is 8.83. The lowest BCUT2D eigenvalue weighted by Gasteiger charge is -2.15. The molecule has 0 fully saturated rings. The Hall–Kier alpha value is -3.52. The highest BCUT2D eigenvalue weighted by molar-refractivity contribution is 5.87. The molecule has 0 amide bonds. The predicted molar refractivity (Wildman–Crippen MR) is 94.3 cm³/mol. The maximum absolute atomic E-state index is 10.3. The molecule has 2 aromatic rings. The summed E-state index contributed by atoms with van der Waals surface area (Å²) in [5.74, 6) is 0.413. The third kappa shape index (κ3) is 3.06. The van der Waals surface area contributed by atoms with Gasteiger partial charge < -0.3 is 16.2 Å². The lowest BCUT2D eigenvalue weighted by atomic mass is 9.99. The number of hydrogen-bond acceptors (Lipinski definition) is 5. The number of aromatic nitrogens is 1. The molecule has 23 heavy (non-hydrogen) atoms. The molecule has 5 heteroatoms. The summed E-state index contributed by atoms with van der Waals surface area (Å²) in [7, 11) is 0. The van der Waals surface area contributed by atoms with Gasteiger partial charge >= 0.3 is 0 Å². The van der Waals surface area contributed by atoms with Crippen molar-refractivity contribution in [1.82, 2.24) is 4.98 Å². The summed E-state index contributed by atoms with van der Waals surface area (Å²) in [4.78, 5) is 4.10. The van der Waals surface area contributed by atoms with E-state index in [0.717, 1.165) is 5.56 Å². The highest BCUT2D eigenvalue weighted by Gasteiger charge is 2.14. The van der Waals surface area contributed by atoms with Gasteiger partial charge in [-0.25, -0.2) is 4.98 Å². The summed E-state index contributed by atoms with van der Waals surface area (Å²) in [6.45, 7) is 11.3. The standard InChI is InChI=1S/C18H16N4O/c1-4-13-8-15(18(23)17(20)14(13)5-2)11(3)22-16-7-6-12(9-19)10-21-16/h4-8,10,23H,1-3,20H2,(H,21,22). The van der Waals surface area contributed by atoms with Gasteiger partial charge in [-0.3, -0.25) is 0 Å². The van der Waals surface area contributed by atoms with Crippen LogP contribution in [-0.2, 0) is 0 Å². The van der Waals surface area contributed by atoms with Crippen LogP contribution in [0.5, 0.6) is 5.75 Å². The number of rotatable bonds is 5. The van der Waals surface area contributed by atoms with Crippen LogP contribution in [0.2, 0.25) is 0 Å². The Bertz CT molecular complexity index is 830. The van der Waals surface area contributed by atoms with Crippen molar-refractivity contribution < 1.29 is 5.11 Å². The van der Waals surface area contributed by atoms with E-state index in [9.17, 15) is 5.11 Å². The molecular weight excluding hydrogens is 288 g/mol. The number of nitriles is 1. The summed E-state index contributed by atoms with van der Waals surface area (Å²) in [5, 5.41) is 22.0. The number of benzene rings is 1. The summed E-state index contributed by atoms with van der Waals surface area (Å²) < 4.78 is 0. The second-order valence-corrected chi connectivity index (χ2v) is 4.75. The molecule has 1 heterocycles. The molecule has 0 atom stereocenters. The maximum atomic E-state index is 10.3. The van der Waals surface area contributed by atoms with Gasteiger partial charge in [0.1, 0.15) is 17.6 Å². The Morgan fingerprint density at radius 2 is 2.09 bits per heavy atom. The van der Waals surface area contributed by atoms with E-state index in [1.54, 1.807) is 30.4 Å². The SMILES string of the molecule is C=Cc1cc(C(=C)Nc2ccc(C#N)cn2)c(O)c(N)c1C=C. The Morgan fingerprint density at radius 1 is 1.35 bits per heavy atom. The number of pyridine rings is 1. The first-order valence-corrected chi connectivity index (χ1v) is 6.74. The third-order valence-electron chi connectivity index (χ3n) is 3.33. The fourth-order valence-corrected chi connectivity index (χ4v) is 2.11. The molecule has 0 aliphatic rings. The van der Waals surface area contributed by atoms with Crippen molar-refractivity contribution in [1.29, 1.82) is 5.26 Å². The van der Waals surface area contributed by atoms with Crippen molar-refractivity contribution in [3.05, 3.63) is 66.4 Å². The molecule has 0 spiro atoms. The average Bonchev–Trinajstić information content (AvgIpc) is 2.57. The number of anilines is 2. The van der Waals surface area contributed by atoms with Gasteiger partial charge in [-0.15, -0.1) is 0 Å². The number of nitrogens with two attached hydrogens (primary N) is 1. The van der Waals surface area contributed by atoms with E-state index in [-0.39, 0.29) is 11.4 Å². The second kappa shape index (κ2) is 6.50. The number of phenolic OH excluding ortho intramolecular Hbond substituents is 1. The zero-order valence-electron chi connectivity index (χ0n) is 12.5. The van der Waals surface area contributed by atoms with E-state index in [2.05, 4.69) is 30.0 Å². The topological polar surface area (TPSA) is 95.0 Å².